The van der Waals surface area contributed by atoms with Gasteiger partial charge in [-0.1, -0.05) is 30.3 Å². The van der Waals surface area contributed by atoms with E-state index in [0.717, 1.165) is 44.7 Å². The predicted octanol–water partition coefficient (Wildman–Crippen LogP) is 1.98. The molecule has 122 valence electrons. The van der Waals surface area contributed by atoms with Crippen LogP contribution in [0.5, 0.6) is 0 Å². The second-order valence-electron chi connectivity index (χ2n) is 6.17. The average molecular weight is 311 g/mol. The second kappa shape index (κ2) is 8.20. The maximum absolute atomic E-state index is 10.3. The van der Waals surface area contributed by atoms with Crippen molar-refractivity contribution in [3.05, 3.63) is 66.0 Å². The Morgan fingerprint density at radius 3 is 2.26 bits per heavy atom. The molecule has 1 saturated heterocycles. The van der Waals surface area contributed by atoms with Crippen LogP contribution in [0.1, 0.15) is 17.2 Å². The van der Waals surface area contributed by atoms with Crippen molar-refractivity contribution in [3.63, 3.8) is 0 Å². The van der Waals surface area contributed by atoms with Crippen LogP contribution in [-0.2, 0) is 6.42 Å². The Hall–Kier alpha value is -1.75. The zero-order chi connectivity index (χ0) is 15.9. The van der Waals surface area contributed by atoms with Crippen molar-refractivity contribution in [2.24, 2.45) is 0 Å². The molecule has 0 saturated carbocycles. The molecule has 0 aliphatic carbocycles. The van der Waals surface area contributed by atoms with Crippen molar-refractivity contribution in [1.82, 2.24) is 14.8 Å². The zero-order valence-corrected chi connectivity index (χ0v) is 13.5. The molecule has 1 aromatic carbocycles. The van der Waals surface area contributed by atoms with Gasteiger partial charge in [0.25, 0.3) is 0 Å². The summed E-state index contributed by atoms with van der Waals surface area (Å²) in [6, 6.07) is 14.4. The fourth-order valence-electron chi connectivity index (χ4n) is 3.06. The lowest BCUT2D eigenvalue weighted by atomic mass is 10.1. The Morgan fingerprint density at radius 2 is 1.57 bits per heavy atom. The number of aliphatic hydroxyl groups is 1. The van der Waals surface area contributed by atoms with E-state index in [1.807, 2.05) is 12.1 Å². The Bertz CT molecular complexity index is 568. The molecule has 4 nitrogen and oxygen atoms in total. The van der Waals surface area contributed by atoms with E-state index in [1.165, 1.54) is 5.56 Å². The fourth-order valence-corrected chi connectivity index (χ4v) is 3.06. The van der Waals surface area contributed by atoms with Crippen molar-refractivity contribution in [2.75, 3.05) is 39.3 Å². The van der Waals surface area contributed by atoms with E-state index in [9.17, 15) is 5.11 Å². The van der Waals surface area contributed by atoms with Gasteiger partial charge in [0.1, 0.15) is 0 Å². The van der Waals surface area contributed by atoms with Gasteiger partial charge in [0.15, 0.2) is 0 Å². The van der Waals surface area contributed by atoms with Gasteiger partial charge in [0, 0.05) is 51.7 Å². The van der Waals surface area contributed by atoms with Gasteiger partial charge >= 0.3 is 0 Å². The van der Waals surface area contributed by atoms with Gasteiger partial charge in [-0.05, 0) is 29.7 Å². The fraction of sp³-hybridized carbons (Fsp3) is 0.421. The molecule has 2 aromatic rings. The number of nitrogens with zero attached hydrogens (tertiary/aromatic N) is 3. The number of rotatable bonds is 6. The maximum Gasteiger partial charge on any atom is 0.0918 e. The number of aromatic nitrogens is 1. The highest BCUT2D eigenvalue weighted by atomic mass is 16.3. The summed E-state index contributed by atoms with van der Waals surface area (Å²) in [5.41, 5.74) is 2.36. The molecule has 3 rings (SSSR count). The van der Waals surface area contributed by atoms with E-state index in [2.05, 4.69) is 45.1 Å². The van der Waals surface area contributed by atoms with Crippen molar-refractivity contribution < 1.29 is 5.11 Å². The summed E-state index contributed by atoms with van der Waals surface area (Å²) < 4.78 is 0. The monoisotopic (exact) mass is 311 g/mol. The van der Waals surface area contributed by atoms with Crippen molar-refractivity contribution in [1.29, 1.82) is 0 Å². The van der Waals surface area contributed by atoms with Crippen LogP contribution >= 0.6 is 0 Å². The second-order valence-corrected chi connectivity index (χ2v) is 6.17. The van der Waals surface area contributed by atoms with Crippen molar-refractivity contribution in [2.45, 2.75) is 12.5 Å². The highest BCUT2D eigenvalue weighted by Gasteiger charge is 2.19. The Labute approximate surface area is 138 Å². The summed E-state index contributed by atoms with van der Waals surface area (Å²) in [5, 5.41) is 10.3. The van der Waals surface area contributed by atoms with Crippen LogP contribution in [0.15, 0.2) is 54.9 Å². The standard InChI is InChI=1S/C19H25N3O/c23-19(18-6-9-20-10-7-18)16-22-14-12-21(13-15-22)11-8-17-4-2-1-3-5-17/h1-7,9-10,19,23H,8,11-16H2. The molecule has 2 heterocycles. The van der Waals surface area contributed by atoms with Crippen molar-refractivity contribution in [3.8, 4) is 0 Å². The molecular formula is C19H25N3O. The summed E-state index contributed by atoms with van der Waals surface area (Å²) >= 11 is 0. The van der Waals surface area contributed by atoms with Gasteiger partial charge in [-0.25, -0.2) is 0 Å². The number of piperazine rings is 1. The highest BCUT2D eigenvalue weighted by Crippen LogP contribution is 2.14. The van der Waals surface area contributed by atoms with Gasteiger partial charge in [-0.2, -0.15) is 0 Å². The van der Waals surface area contributed by atoms with Crippen LogP contribution in [0.25, 0.3) is 0 Å². The van der Waals surface area contributed by atoms with Gasteiger partial charge in [-0.15, -0.1) is 0 Å². The molecule has 1 atom stereocenters. The van der Waals surface area contributed by atoms with E-state index in [0.29, 0.717) is 6.54 Å². The smallest absolute Gasteiger partial charge is 0.0918 e. The molecule has 4 heteroatoms. The van der Waals surface area contributed by atoms with Crippen LogP contribution in [0.3, 0.4) is 0 Å². The third-order valence-electron chi connectivity index (χ3n) is 4.55. The topological polar surface area (TPSA) is 39.6 Å². The first-order valence-corrected chi connectivity index (χ1v) is 8.38. The maximum atomic E-state index is 10.3. The molecule has 0 amide bonds. The molecule has 0 bridgehead atoms. The molecular weight excluding hydrogens is 286 g/mol. The van der Waals surface area contributed by atoms with Crippen LogP contribution in [0, 0.1) is 0 Å². The third kappa shape index (κ3) is 4.86. The zero-order valence-electron chi connectivity index (χ0n) is 13.5. The van der Waals surface area contributed by atoms with Crippen LogP contribution < -0.4 is 0 Å². The van der Waals surface area contributed by atoms with Crippen LogP contribution in [-0.4, -0.2) is 59.2 Å². The summed E-state index contributed by atoms with van der Waals surface area (Å²) in [5.74, 6) is 0. The number of β-amino-alcohol motifs (C(OH)–C–C–N with tert-alkyl or cyclic N) is 1. The highest BCUT2D eigenvalue weighted by molar-refractivity contribution is 5.15. The minimum Gasteiger partial charge on any atom is -0.387 e. The quantitative estimate of drug-likeness (QED) is 0.885. The third-order valence-corrected chi connectivity index (χ3v) is 4.55. The van der Waals surface area contributed by atoms with E-state index in [-0.39, 0.29) is 0 Å². The Kier molecular flexibility index (Phi) is 5.75. The summed E-state index contributed by atoms with van der Waals surface area (Å²) in [6.45, 7) is 6.03. The van der Waals surface area contributed by atoms with E-state index in [1.54, 1.807) is 12.4 Å². The normalized spacial score (nSPS) is 18.0. The lowest BCUT2D eigenvalue weighted by Gasteiger charge is -2.35. The largest absolute Gasteiger partial charge is 0.387 e. The van der Waals surface area contributed by atoms with Gasteiger partial charge in [-0.3, -0.25) is 9.88 Å². The molecule has 0 spiro atoms. The number of pyridine rings is 1. The number of benzene rings is 1. The minimum atomic E-state index is -0.422. The Balaban J connectivity index is 1.40. The molecule has 1 aromatic heterocycles. The minimum absolute atomic E-state index is 0.422. The lowest BCUT2D eigenvalue weighted by Crippen LogP contribution is -2.47. The van der Waals surface area contributed by atoms with E-state index in [4.69, 9.17) is 0 Å². The molecule has 23 heavy (non-hydrogen) atoms. The lowest BCUT2D eigenvalue weighted by molar-refractivity contribution is 0.0729. The first kappa shape index (κ1) is 16.1. The van der Waals surface area contributed by atoms with Gasteiger partial charge in [0.05, 0.1) is 6.10 Å². The summed E-state index contributed by atoms with van der Waals surface area (Å²) in [4.78, 5) is 8.87. The summed E-state index contributed by atoms with van der Waals surface area (Å²) in [6.07, 6.45) is 4.16. The number of hydrogen-bond donors (Lipinski definition) is 1. The van der Waals surface area contributed by atoms with Crippen LogP contribution in [0.4, 0.5) is 0 Å². The molecule has 1 aliphatic heterocycles. The number of hydrogen-bond acceptors (Lipinski definition) is 4. The predicted molar refractivity (Wildman–Crippen MR) is 92.2 cm³/mol. The average Bonchev–Trinajstić information content (AvgIpc) is 2.63. The first-order valence-electron chi connectivity index (χ1n) is 8.38. The number of aliphatic hydroxyl groups excluding tert-OH is 1. The molecule has 1 fully saturated rings. The molecule has 0 radical (unpaired) electrons. The van der Waals surface area contributed by atoms with E-state index >= 15 is 0 Å². The van der Waals surface area contributed by atoms with Gasteiger partial charge in [0.2, 0.25) is 0 Å². The first-order chi connectivity index (χ1) is 11.3. The van der Waals surface area contributed by atoms with Crippen LogP contribution in [0.2, 0.25) is 0 Å². The molecule has 1 unspecified atom stereocenters. The van der Waals surface area contributed by atoms with Gasteiger partial charge < -0.3 is 10.0 Å². The molecule has 1 N–H and O–H groups in total. The molecule has 1 aliphatic rings. The van der Waals surface area contributed by atoms with Crippen molar-refractivity contribution >= 4 is 0 Å². The SMILES string of the molecule is OC(CN1CCN(CCc2ccccc2)CC1)c1ccncc1. The van der Waals surface area contributed by atoms with E-state index < -0.39 is 6.10 Å². The summed E-state index contributed by atoms with van der Waals surface area (Å²) in [7, 11) is 0. The Morgan fingerprint density at radius 1 is 0.913 bits per heavy atom.